The second-order valence-corrected chi connectivity index (χ2v) is 10.9. The van der Waals surface area contributed by atoms with Crippen LogP contribution in [0.1, 0.15) is 22.8 Å². The van der Waals surface area contributed by atoms with E-state index in [1.54, 1.807) is 6.19 Å². The van der Waals surface area contributed by atoms with Crippen LogP contribution in [0.4, 0.5) is 35.1 Å². The zero-order chi connectivity index (χ0) is 36.8. The molecular formula is C36H12F8N8. The van der Waals surface area contributed by atoms with E-state index in [0.717, 1.165) is 72.8 Å². The highest BCUT2D eigenvalue weighted by atomic mass is 19.2. The lowest BCUT2D eigenvalue weighted by Crippen LogP contribution is -2.29. The van der Waals surface area contributed by atoms with Gasteiger partial charge in [0.05, 0.1) is 27.9 Å². The SMILES string of the molecule is [C-]#[N+]N=C1c2nc(-c3ccc(F)c(F)c3)c(-c3ccc(F)c(F)c3)nc2C(=NC#N)c2nc(-c3ccc(F)c(F)c3)c(-c3ccc(F)c(F)c3)nc21. The summed E-state index contributed by atoms with van der Waals surface area (Å²) in [7, 11) is 0. The molecule has 0 spiro atoms. The zero-order valence-electron chi connectivity index (χ0n) is 25.5. The van der Waals surface area contributed by atoms with E-state index in [4.69, 9.17) is 6.57 Å². The number of rotatable bonds is 4. The molecule has 8 nitrogen and oxygen atoms in total. The van der Waals surface area contributed by atoms with Crippen molar-refractivity contribution in [3.05, 3.63) is 154 Å². The molecule has 7 rings (SSSR count). The fourth-order valence-electron chi connectivity index (χ4n) is 5.43. The Kier molecular flexibility index (Phi) is 8.28. The summed E-state index contributed by atoms with van der Waals surface area (Å²) in [6.45, 7) is 7.55. The van der Waals surface area contributed by atoms with Crippen molar-refractivity contribution in [2.24, 2.45) is 10.1 Å². The summed E-state index contributed by atoms with van der Waals surface area (Å²) in [5.74, 6) is -10.1. The molecule has 2 aromatic heterocycles. The predicted octanol–water partition coefficient (Wildman–Crippen LogP) is 8.35. The monoisotopic (exact) mass is 708 g/mol. The van der Waals surface area contributed by atoms with Crippen LogP contribution >= 0.6 is 0 Å². The molecular weight excluding hydrogens is 696 g/mol. The molecule has 16 heteroatoms. The quantitative estimate of drug-likeness (QED) is 0.0792. The molecule has 0 aliphatic heterocycles. The highest BCUT2D eigenvalue weighted by Crippen LogP contribution is 2.38. The van der Waals surface area contributed by atoms with E-state index in [1.165, 1.54) is 0 Å². The molecule has 1 aliphatic carbocycles. The van der Waals surface area contributed by atoms with Crippen LogP contribution in [0, 0.1) is 64.6 Å². The smallest absolute Gasteiger partial charge is 0.206 e. The third-order valence-corrected chi connectivity index (χ3v) is 7.77. The highest BCUT2D eigenvalue weighted by Gasteiger charge is 2.37. The Bertz CT molecular complexity index is 2320. The normalized spacial score (nSPS) is 11.7. The van der Waals surface area contributed by atoms with Crippen molar-refractivity contribution < 1.29 is 35.1 Å². The molecule has 0 saturated heterocycles. The molecule has 0 unspecified atom stereocenters. The predicted molar refractivity (Wildman–Crippen MR) is 169 cm³/mol. The van der Waals surface area contributed by atoms with Crippen molar-refractivity contribution >= 4 is 11.4 Å². The van der Waals surface area contributed by atoms with Gasteiger partial charge in [-0.1, -0.05) is 0 Å². The lowest BCUT2D eigenvalue weighted by molar-refractivity contribution is 0.509. The Morgan fingerprint density at radius 1 is 0.442 bits per heavy atom. The van der Waals surface area contributed by atoms with Gasteiger partial charge in [0, 0.05) is 22.3 Å². The van der Waals surface area contributed by atoms with Gasteiger partial charge in [0.25, 0.3) is 0 Å². The van der Waals surface area contributed by atoms with Crippen molar-refractivity contribution in [2.45, 2.75) is 0 Å². The molecule has 0 radical (unpaired) electrons. The molecule has 6 aromatic rings. The molecule has 52 heavy (non-hydrogen) atoms. The van der Waals surface area contributed by atoms with Crippen LogP contribution in [0.3, 0.4) is 0 Å². The van der Waals surface area contributed by atoms with Gasteiger partial charge < -0.3 is 0 Å². The number of nitriles is 1. The molecule has 0 bridgehead atoms. The lowest BCUT2D eigenvalue weighted by atomic mass is 9.92. The average molecular weight is 709 g/mol. The Morgan fingerprint density at radius 3 is 0.981 bits per heavy atom. The lowest BCUT2D eigenvalue weighted by Gasteiger charge is -2.22. The summed E-state index contributed by atoms with van der Waals surface area (Å²) >= 11 is 0. The minimum Gasteiger partial charge on any atom is -0.241 e. The fourth-order valence-corrected chi connectivity index (χ4v) is 5.43. The maximum absolute atomic E-state index is 14.5. The fraction of sp³-hybridized carbons (Fsp3) is 0. The Labute approximate surface area is 286 Å². The first kappa shape index (κ1) is 33.3. The van der Waals surface area contributed by atoms with E-state index in [2.05, 4.69) is 35.0 Å². The Hall–Kier alpha value is -7.20. The van der Waals surface area contributed by atoms with Crippen LogP contribution in [0.5, 0.6) is 0 Å². The van der Waals surface area contributed by atoms with Gasteiger partial charge in [-0.3, -0.25) is 0 Å². The highest BCUT2D eigenvalue weighted by molar-refractivity contribution is 6.29. The van der Waals surface area contributed by atoms with Crippen LogP contribution < -0.4 is 0 Å². The van der Waals surface area contributed by atoms with Gasteiger partial charge in [-0.2, -0.15) is 16.8 Å². The van der Waals surface area contributed by atoms with Crippen LogP contribution in [-0.2, 0) is 0 Å². The van der Waals surface area contributed by atoms with E-state index < -0.39 is 46.5 Å². The van der Waals surface area contributed by atoms with E-state index in [1.807, 2.05) is 0 Å². The molecule has 0 atom stereocenters. The Balaban J connectivity index is 1.59. The number of hydrogen-bond acceptors (Lipinski definition) is 7. The summed E-state index contributed by atoms with van der Waals surface area (Å²) in [6, 6.07) is 10.7. The van der Waals surface area contributed by atoms with Crippen molar-refractivity contribution in [3.8, 4) is 51.2 Å². The molecule has 252 valence electrons. The Morgan fingerprint density at radius 2 is 0.731 bits per heavy atom. The summed E-state index contributed by atoms with van der Waals surface area (Å²) < 4.78 is 114. The minimum absolute atomic E-state index is 0.108. The van der Waals surface area contributed by atoms with Crippen molar-refractivity contribution in [1.82, 2.24) is 19.9 Å². The molecule has 0 amide bonds. The second kappa shape index (κ2) is 12.9. The summed E-state index contributed by atoms with van der Waals surface area (Å²) in [6.07, 6.45) is 1.59. The largest absolute Gasteiger partial charge is 0.241 e. The van der Waals surface area contributed by atoms with Crippen molar-refractivity contribution in [3.63, 3.8) is 0 Å². The van der Waals surface area contributed by atoms with Gasteiger partial charge in [-0.25, -0.2) is 55.1 Å². The van der Waals surface area contributed by atoms with Crippen LogP contribution in [0.15, 0.2) is 82.9 Å². The average Bonchev–Trinajstić information content (AvgIpc) is 3.13. The topological polar surface area (TPSA) is 104 Å². The second-order valence-electron chi connectivity index (χ2n) is 10.9. The van der Waals surface area contributed by atoms with Crippen LogP contribution in [-0.4, -0.2) is 31.4 Å². The van der Waals surface area contributed by atoms with Crippen molar-refractivity contribution in [2.75, 3.05) is 0 Å². The van der Waals surface area contributed by atoms with Gasteiger partial charge in [-0.05, 0) is 72.8 Å². The van der Waals surface area contributed by atoms with Gasteiger partial charge in [0.15, 0.2) is 46.5 Å². The van der Waals surface area contributed by atoms with Crippen LogP contribution in [0.25, 0.3) is 50.0 Å². The first-order valence-corrected chi connectivity index (χ1v) is 14.6. The first-order chi connectivity index (χ1) is 25.0. The summed E-state index contributed by atoms with van der Waals surface area (Å²) in [5.41, 5.74) is -3.40. The van der Waals surface area contributed by atoms with E-state index in [0.29, 0.717) is 0 Å². The zero-order valence-corrected chi connectivity index (χ0v) is 25.5. The first-order valence-electron chi connectivity index (χ1n) is 14.6. The number of aliphatic imine (C=N–C) groups is 1. The molecule has 2 heterocycles. The number of benzene rings is 4. The van der Waals surface area contributed by atoms with Gasteiger partial charge >= 0.3 is 0 Å². The van der Waals surface area contributed by atoms with Crippen molar-refractivity contribution in [1.29, 1.82) is 5.26 Å². The standard InChI is InChI=1S/C36H12F8N8/c1-46-52-36-34-32(48-27(15-2-6-19(37)23(41)10-15)29(50-34)17-4-8-21(39)25(43)12-17)31(47-14-45)33-35(36)51-30(18-5-9-22(40)26(44)13-18)28(49-33)16-3-7-20(38)24(42)11-16/h2-13H. The molecule has 0 saturated carbocycles. The molecule has 0 fully saturated rings. The van der Waals surface area contributed by atoms with Crippen LogP contribution in [0.2, 0.25) is 0 Å². The molecule has 4 aromatic carbocycles. The van der Waals surface area contributed by atoms with Gasteiger partial charge in [-0.15, -0.1) is 4.95 Å². The molecule has 0 N–H and O–H groups in total. The van der Waals surface area contributed by atoms with E-state index in [9.17, 15) is 40.4 Å². The third kappa shape index (κ3) is 5.67. The third-order valence-electron chi connectivity index (χ3n) is 7.77. The van der Waals surface area contributed by atoms with Gasteiger partial charge in [0.1, 0.15) is 28.5 Å². The number of aromatic nitrogens is 4. The summed E-state index contributed by atoms with van der Waals surface area (Å²) in [4.78, 5) is 25.1. The summed E-state index contributed by atoms with van der Waals surface area (Å²) in [5, 5.41) is 13.6. The van der Waals surface area contributed by atoms with E-state index >= 15 is 0 Å². The number of fused-ring (bicyclic) bond motifs is 2. The van der Waals surface area contributed by atoms with Gasteiger partial charge in [0.2, 0.25) is 11.9 Å². The number of nitrogens with zero attached hydrogens (tertiary/aromatic N) is 8. The number of halogens is 8. The maximum atomic E-state index is 14.5. The minimum atomic E-state index is -1.30. The maximum Gasteiger partial charge on any atom is 0.206 e. The van der Waals surface area contributed by atoms with E-state index in [-0.39, 0.29) is 79.2 Å². The number of hydrogen-bond donors (Lipinski definition) is 0. The molecule has 1 aliphatic rings.